The van der Waals surface area contributed by atoms with Crippen LogP contribution in [0.5, 0.6) is 0 Å². The third-order valence-corrected chi connectivity index (χ3v) is 0.791. The van der Waals surface area contributed by atoms with Crippen molar-refractivity contribution in [3.8, 4) is 0 Å². The molecule has 0 amide bonds. The van der Waals surface area contributed by atoms with Crippen LogP contribution < -0.4 is 0 Å². The van der Waals surface area contributed by atoms with E-state index in [1.165, 1.54) is 0 Å². The third kappa shape index (κ3) is 32.5. The van der Waals surface area contributed by atoms with Crippen LogP contribution in [-0.4, -0.2) is 25.5 Å². The molecule has 1 nitrogen and oxygen atoms in total. The first-order valence-electron chi connectivity index (χ1n) is 5.06. The zero-order valence-corrected chi connectivity index (χ0v) is 10.7. The molecule has 0 heterocycles. The Bertz CT molecular complexity index is 59.9. The molecule has 0 aliphatic rings. The van der Waals surface area contributed by atoms with Crippen LogP contribution >= 0.6 is 0 Å². The van der Waals surface area contributed by atoms with Gasteiger partial charge in [0.05, 0.1) is 0 Å². The van der Waals surface area contributed by atoms with Gasteiger partial charge >= 0.3 is 0 Å². The lowest BCUT2D eigenvalue weighted by atomic mass is 9.97. The molecular weight excluding hydrogens is 146 g/mol. The summed E-state index contributed by atoms with van der Waals surface area (Å²) in [6, 6.07) is 0. The first-order valence-corrected chi connectivity index (χ1v) is 5.06. The summed E-state index contributed by atoms with van der Waals surface area (Å²) in [5.74, 6) is 0. The zero-order chi connectivity index (χ0) is 10.8. The van der Waals surface area contributed by atoms with Gasteiger partial charge in [0, 0.05) is 6.54 Å². The Hall–Kier alpha value is -0.0400. The summed E-state index contributed by atoms with van der Waals surface area (Å²) < 4.78 is 0. The fourth-order valence-corrected chi connectivity index (χ4v) is 0.949. The van der Waals surface area contributed by atoms with Gasteiger partial charge in [0.1, 0.15) is 0 Å². The first kappa shape index (κ1) is 17.9. The first-order chi connectivity index (χ1) is 5.42. The van der Waals surface area contributed by atoms with Gasteiger partial charge in [0.25, 0.3) is 0 Å². The Morgan fingerprint density at radius 2 is 1.08 bits per heavy atom. The SMILES string of the molecule is CC.CC.CN(C)CC(C)(C)C. The highest BCUT2D eigenvalue weighted by molar-refractivity contribution is 4.63. The third-order valence-electron chi connectivity index (χ3n) is 0.791. The van der Waals surface area contributed by atoms with E-state index in [9.17, 15) is 0 Å². The Balaban J connectivity index is -0.000000175. The molecule has 0 saturated heterocycles. The van der Waals surface area contributed by atoms with Gasteiger partial charge in [-0.2, -0.15) is 0 Å². The molecule has 0 aromatic rings. The minimum atomic E-state index is 0.448. The van der Waals surface area contributed by atoms with Crippen LogP contribution in [0.4, 0.5) is 0 Å². The molecule has 12 heavy (non-hydrogen) atoms. The largest absolute Gasteiger partial charge is 0.309 e. The predicted molar refractivity (Wildman–Crippen MR) is 60.7 cm³/mol. The van der Waals surface area contributed by atoms with Crippen LogP contribution in [0.1, 0.15) is 48.5 Å². The maximum atomic E-state index is 2.24. The average Bonchev–Trinajstić information content (AvgIpc) is 1.91. The minimum Gasteiger partial charge on any atom is -0.309 e. The van der Waals surface area contributed by atoms with Crippen LogP contribution in [0.3, 0.4) is 0 Å². The Morgan fingerprint density at radius 3 is 1.08 bits per heavy atom. The summed E-state index contributed by atoms with van der Waals surface area (Å²) in [4.78, 5) is 2.21. The fraction of sp³-hybridized carbons (Fsp3) is 1.00. The molecule has 0 bridgehead atoms. The van der Waals surface area contributed by atoms with Gasteiger partial charge < -0.3 is 4.90 Å². The van der Waals surface area contributed by atoms with Gasteiger partial charge in [-0.15, -0.1) is 0 Å². The molecule has 0 aliphatic heterocycles. The fourth-order valence-electron chi connectivity index (χ4n) is 0.949. The molecule has 0 fully saturated rings. The summed E-state index contributed by atoms with van der Waals surface area (Å²) in [5, 5.41) is 0. The molecule has 0 unspecified atom stereocenters. The van der Waals surface area contributed by atoms with Crippen molar-refractivity contribution in [2.45, 2.75) is 48.5 Å². The van der Waals surface area contributed by atoms with Crippen molar-refractivity contribution in [1.82, 2.24) is 4.90 Å². The number of hydrogen-bond donors (Lipinski definition) is 0. The van der Waals surface area contributed by atoms with Crippen molar-refractivity contribution in [2.75, 3.05) is 20.6 Å². The molecule has 0 spiro atoms. The van der Waals surface area contributed by atoms with Gasteiger partial charge in [-0.3, -0.25) is 0 Å². The van der Waals surface area contributed by atoms with Crippen molar-refractivity contribution < 1.29 is 0 Å². The van der Waals surface area contributed by atoms with Crippen molar-refractivity contribution in [3.63, 3.8) is 0 Å². The van der Waals surface area contributed by atoms with Crippen molar-refractivity contribution >= 4 is 0 Å². The van der Waals surface area contributed by atoms with Gasteiger partial charge in [0.15, 0.2) is 0 Å². The highest BCUT2D eigenvalue weighted by Gasteiger charge is 2.09. The van der Waals surface area contributed by atoms with Crippen LogP contribution in [-0.2, 0) is 0 Å². The van der Waals surface area contributed by atoms with E-state index in [2.05, 4.69) is 39.8 Å². The van der Waals surface area contributed by atoms with E-state index in [1.807, 2.05) is 27.7 Å². The molecule has 78 valence electrons. The topological polar surface area (TPSA) is 3.24 Å². The van der Waals surface area contributed by atoms with Gasteiger partial charge in [-0.05, 0) is 19.5 Å². The van der Waals surface area contributed by atoms with Crippen molar-refractivity contribution in [2.24, 2.45) is 5.41 Å². The molecule has 0 rings (SSSR count). The summed E-state index contributed by atoms with van der Waals surface area (Å²) in [7, 11) is 4.20. The van der Waals surface area contributed by atoms with E-state index < -0.39 is 0 Å². The van der Waals surface area contributed by atoms with Crippen LogP contribution in [0.2, 0.25) is 0 Å². The molecule has 0 N–H and O–H groups in total. The highest BCUT2D eigenvalue weighted by atomic mass is 15.1. The van der Waals surface area contributed by atoms with Gasteiger partial charge in [-0.1, -0.05) is 48.5 Å². The van der Waals surface area contributed by atoms with Crippen molar-refractivity contribution in [3.05, 3.63) is 0 Å². The summed E-state index contributed by atoms with van der Waals surface area (Å²) in [5.41, 5.74) is 0.448. The summed E-state index contributed by atoms with van der Waals surface area (Å²) in [6.45, 7) is 15.9. The Morgan fingerprint density at radius 1 is 0.833 bits per heavy atom. The highest BCUT2D eigenvalue weighted by Crippen LogP contribution is 2.12. The van der Waals surface area contributed by atoms with E-state index >= 15 is 0 Å². The standard InChI is InChI=1S/C7H17N.2C2H6/c1-7(2,3)6-8(4)5;2*1-2/h6H2,1-5H3;2*1-2H3. The van der Waals surface area contributed by atoms with E-state index in [0.717, 1.165) is 6.54 Å². The lowest BCUT2D eigenvalue weighted by Crippen LogP contribution is -2.25. The van der Waals surface area contributed by atoms with Crippen LogP contribution in [0.15, 0.2) is 0 Å². The summed E-state index contributed by atoms with van der Waals surface area (Å²) >= 11 is 0. The lowest BCUT2D eigenvalue weighted by Gasteiger charge is -2.22. The van der Waals surface area contributed by atoms with Crippen molar-refractivity contribution in [1.29, 1.82) is 0 Å². The van der Waals surface area contributed by atoms with E-state index in [-0.39, 0.29) is 0 Å². The molecular formula is C11H29N. The van der Waals surface area contributed by atoms with Gasteiger partial charge in [-0.25, -0.2) is 0 Å². The molecule has 0 saturated carbocycles. The summed E-state index contributed by atoms with van der Waals surface area (Å²) in [6.07, 6.45) is 0. The quantitative estimate of drug-likeness (QED) is 0.588. The molecule has 0 aliphatic carbocycles. The second kappa shape index (κ2) is 11.0. The minimum absolute atomic E-state index is 0.448. The monoisotopic (exact) mass is 175 g/mol. The molecule has 0 aromatic heterocycles. The average molecular weight is 175 g/mol. The van der Waals surface area contributed by atoms with Crippen LogP contribution in [0.25, 0.3) is 0 Å². The Labute approximate surface area is 80.2 Å². The van der Waals surface area contributed by atoms with Gasteiger partial charge in [0.2, 0.25) is 0 Å². The normalized spacial score (nSPS) is 9.50. The second-order valence-electron chi connectivity index (χ2n) is 3.80. The number of nitrogens with zero attached hydrogens (tertiary/aromatic N) is 1. The molecule has 0 radical (unpaired) electrons. The number of rotatable bonds is 1. The lowest BCUT2D eigenvalue weighted by molar-refractivity contribution is 0.263. The van der Waals surface area contributed by atoms with E-state index in [0.29, 0.717) is 5.41 Å². The van der Waals surface area contributed by atoms with E-state index in [4.69, 9.17) is 0 Å². The van der Waals surface area contributed by atoms with E-state index in [1.54, 1.807) is 0 Å². The molecule has 0 atom stereocenters. The predicted octanol–water partition coefficient (Wildman–Crippen LogP) is 3.65. The number of hydrogen-bond acceptors (Lipinski definition) is 1. The zero-order valence-electron chi connectivity index (χ0n) is 10.7. The molecule has 0 aromatic carbocycles. The Kier molecular flexibility index (Phi) is 16.3. The smallest absolute Gasteiger partial charge is 0.00239 e. The second-order valence-corrected chi connectivity index (χ2v) is 3.80. The molecule has 1 heteroatoms. The van der Waals surface area contributed by atoms with Crippen LogP contribution in [0, 0.1) is 5.41 Å². The maximum Gasteiger partial charge on any atom is 0.00239 e. The maximum absolute atomic E-state index is 2.24.